The van der Waals surface area contributed by atoms with Gasteiger partial charge in [0.25, 0.3) is 0 Å². The molecule has 2 heteroatoms. The lowest BCUT2D eigenvalue weighted by molar-refractivity contribution is 0.897. The fourth-order valence-electron chi connectivity index (χ4n) is 0.334. The van der Waals surface area contributed by atoms with E-state index in [-0.39, 0.29) is 0 Å². The van der Waals surface area contributed by atoms with Crippen LogP contribution in [0.25, 0.3) is 0 Å². The van der Waals surface area contributed by atoms with E-state index in [2.05, 4.69) is 26.1 Å². The van der Waals surface area contributed by atoms with Crippen LogP contribution in [-0.4, -0.2) is 5.75 Å². The molecule has 0 unspecified atom stereocenters. The third-order valence-corrected chi connectivity index (χ3v) is 1.98. The Kier molecular flexibility index (Phi) is 5.88. The Bertz CT molecular complexity index is 68.9. The Balaban J connectivity index is 2.82. The molecule has 0 saturated heterocycles. The minimum Gasteiger partial charge on any atom is -0.137 e. The summed E-state index contributed by atoms with van der Waals surface area (Å²) in [5, 5.41) is 0. The molecule has 0 atom stereocenters. The van der Waals surface area contributed by atoms with Crippen molar-refractivity contribution in [3.63, 3.8) is 0 Å². The number of unbranched alkanes of at least 4 members (excludes halogenated alkanes) is 1. The van der Waals surface area contributed by atoms with Crippen molar-refractivity contribution < 1.29 is 0 Å². The summed E-state index contributed by atoms with van der Waals surface area (Å²) < 4.78 is 0.929. The first kappa shape index (κ1) is 8.44. The predicted octanol–water partition coefficient (Wildman–Crippen LogP) is 2.92. The zero-order valence-electron chi connectivity index (χ0n) is 5.18. The van der Waals surface area contributed by atoms with Crippen LogP contribution in [0, 0.1) is 0 Å². The molecule has 48 valence electrons. The highest BCUT2D eigenvalue weighted by molar-refractivity contribution is 8.15. The molecule has 0 fully saturated rings. The molecule has 0 bridgehead atoms. The van der Waals surface area contributed by atoms with Gasteiger partial charge in [-0.3, -0.25) is 0 Å². The van der Waals surface area contributed by atoms with Gasteiger partial charge in [0, 0.05) is 4.24 Å². The maximum Gasteiger partial charge on any atom is 0.0297 e. The second-order valence-corrected chi connectivity index (χ2v) is 3.63. The van der Waals surface area contributed by atoms with Gasteiger partial charge in [-0.1, -0.05) is 19.9 Å². The fraction of sp³-hybridized carbons (Fsp3) is 0.667. The normalized spacial score (nSPS) is 9.25. The fourth-order valence-corrected chi connectivity index (χ4v) is 1.28. The number of thiol groups is 1. The average molecular weight is 148 g/mol. The van der Waals surface area contributed by atoms with E-state index in [1.807, 2.05) is 0 Å². The number of rotatable bonds is 4. The van der Waals surface area contributed by atoms with Gasteiger partial charge in [-0.15, -0.1) is 24.4 Å². The van der Waals surface area contributed by atoms with Gasteiger partial charge in [0.05, 0.1) is 0 Å². The summed E-state index contributed by atoms with van der Waals surface area (Å²) >= 11 is 5.77. The molecule has 8 heavy (non-hydrogen) atoms. The van der Waals surface area contributed by atoms with Crippen molar-refractivity contribution in [2.24, 2.45) is 0 Å². The van der Waals surface area contributed by atoms with E-state index < -0.39 is 0 Å². The SMILES string of the molecule is C=C(S)SCCCC. The molecule has 0 aromatic rings. The van der Waals surface area contributed by atoms with Gasteiger partial charge in [-0.25, -0.2) is 0 Å². The third kappa shape index (κ3) is 6.44. The molecule has 0 heterocycles. The van der Waals surface area contributed by atoms with E-state index in [0.29, 0.717) is 0 Å². The summed E-state index contributed by atoms with van der Waals surface area (Å²) in [5.41, 5.74) is 0. The standard InChI is InChI=1S/C6H12S2/c1-3-4-5-8-6(2)7/h7H,2-5H2,1H3. The van der Waals surface area contributed by atoms with E-state index in [9.17, 15) is 0 Å². The van der Waals surface area contributed by atoms with Crippen molar-refractivity contribution in [2.45, 2.75) is 19.8 Å². The van der Waals surface area contributed by atoms with Crippen molar-refractivity contribution in [1.29, 1.82) is 0 Å². The predicted molar refractivity (Wildman–Crippen MR) is 45.5 cm³/mol. The van der Waals surface area contributed by atoms with E-state index in [0.717, 1.165) is 4.24 Å². The summed E-state index contributed by atoms with van der Waals surface area (Å²) in [6.45, 7) is 5.84. The Hall–Kier alpha value is 0.440. The molecule has 0 spiro atoms. The Morgan fingerprint density at radius 3 is 2.75 bits per heavy atom. The Morgan fingerprint density at radius 2 is 2.38 bits per heavy atom. The second-order valence-electron chi connectivity index (χ2n) is 1.60. The topological polar surface area (TPSA) is 0 Å². The van der Waals surface area contributed by atoms with Crippen molar-refractivity contribution >= 4 is 24.4 Å². The molecular formula is C6H12S2. The van der Waals surface area contributed by atoms with Crippen LogP contribution in [0.1, 0.15) is 19.8 Å². The lowest BCUT2D eigenvalue weighted by atomic mass is 10.4. The van der Waals surface area contributed by atoms with Gasteiger partial charge in [0.1, 0.15) is 0 Å². The lowest BCUT2D eigenvalue weighted by Crippen LogP contribution is -1.73. The van der Waals surface area contributed by atoms with Gasteiger partial charge in [-0.2, -0.15) is 0 Å². The number of thioether (sulfide) groups is 1. The molecule has 0 nitrogen and oxygen atoms in total. The van der Waals surface area contributed by atoms with E-state index >= 15 is 0 Å². The third-order valence-electron chi connectivity index (χ3n) is 0.767. The van der Waals surface area contributed by atoms with Gasteiger partial charge in [0.15, 0.2) is 0 Å². The van der Waals surface area contributed by atoms with Gasteiger partial charge < -0.3 is 0 Å². The van der Waals surface area contributed by atoms with E-state index in [1.165, 1.54) is 18.6 Å². The first-order valence-corrected chi connectivity index (χ1v) is 4.21. The molecule has 0 N–H and O–H groups in total. The highest BCUT2D eigenvalue weighted by Gasteiger charge is 1.85. The van der Waals surface area contributed by atoms with E-state index in [1.54, 1.807) is 11.8 Å². The molecule has 0 aliphatic carbocycles. The zero-order chi connectivity index (χ0) is 6.41. The first-order valence-electron chi connectivity index (χ1n) is 2.78. The maximum atomic E-state index is 4.04. The zero-order valence-corrected chi connectivity index (χ0v) is 6.89. The first-order chi connectivity index (χ1) is 3.77. The lowest BCUT2D eigenvalue weighted by Gasteiger charge is -1.94. The molecule has 0 aliphatic heterocycles. The molecule has 0 amide bonds. The van der Waals surface area contributed by atoms with Crippen LogP contribution < -0.4 is 0 Å². The molecular weight excluding hydrogens is 136 g/mol. The molecule has 0 rings (SSSR count). The minimum atomic E-state index is 0.929. The molecule has 0 aromatic carbocycles. The Morgan fingerprint density at radius 1 is 1.75 bits per heavy atom. The van der Waals surface area contributed by atoms with Crippen molar-refractivity contribution in [1.82, 2.24) is 0 Å². The summed E-state index contributed by atoms with van der Waals surface area (Å²) in [7, 11) is 0. The van der Waals surface area contributed by atoms with Crippen LogP contribution in [0.5, 0.6) is 0 Å². The summed E-state index contributed by atoms with van der Waals surface area (Å²) in [6.07, 6.45) is 2.53. The number of hydrogen-bond acceptors (Lipinski definition) is 2. The molecule has 0 saturated carbocycles. The smallest absolute Gasteiger partial charge is 0.0297 e. The van der Waals surface area contributed by atoms with Crippen LogP contribution >= 0.6 is 24.4 Å². The van der Waals surface area contributed by atoms with Crippen molar-refractivity contribution in [3.8, 4) is 0 Å². The van der Waals surface area contributed by atoms with Crippen molar-refractivity contribution in [2.75, 3.05) is 5.75 Å². The molecule has 0 radical (unpaired) electrons. The largest absolute Gasteiger partial charge is 0.137 e. The summed E-state index contributed by atoms with van der Waals surface area (Å²) in [5.74, 6) is 1.17. The van der Waals surface area contributed by atoms with Gasteiger partial charge in [-0.05, 0) is 12.2 Å². The highest BCUT2D eigenvalue weighted by Crippen LogP contribution is 2.17. The summed E-state index contributed by atoms with van der Waals surface area (Å²) in [6, 6.07) is 0. The quantitative estimate of drug-likeness (QED) is 0.472. The van der Waals surface area contributed by atoms with Crippen LogP contribution in [0.4, 0.5) is 0 Å². The number of hydrogen-bond donors (Lipinski definition) is 1. The maximum absolute atomic E-state index is 4.04. The van der Waals surface area contributed by atoms with Crippen LogP contribution in [0.15, 0.2) is 10.8 Å². The molecule has 0 aliphatic rings. The van der Waals surface area contributed by atoms with Gasteiger partial charge in [0.2, 0.25) is 0 Å². The average Bonchev–Trinajstić information content (AvgIpc) is 1.66. The van der Waals surface area contributed by atoms with Crippen molar-refractivity contribution in [3.05, 3.63) is 10.8 Å². The molecule has 0 aromatic heterocycles. The monoisotopic (exact) mass is 148 g/mol. The second kappa shape index (κ2) is 5.57. The highest BCUT2D eigenvalue weighted by atomic mass is 32.2. The van der Waals surface area contributed by atoms with E-state index in [4.69, 9.17) is 0 Å². The van der Waals surface area contributed by atoms with Crippen LogP contribution in [0.3, 0.4) is 0 Å². The Labute approximate surface area is 61.2 Å². The van der Waals surface area contributed by atoms with Crippen LogP contribution in [0.2, 0.25) is 0 Å². The minimum absolute atomic E-state index is 0.929. The summed E-state index contributed by atoms with van der Waals surface area (Å²) in [4.78, 5) is 0. The van der Waals surface area contributed by atoms with Gasteiger partial charge >= 0.3 is 0 Å². The van der Waals surface area contributed by atoms with Crippen LogP contribution in [-0.2, 0) is 0 Å².